The maximum Gasteiger partial charge on any atom is 0.180 e. The van der Waals surface area contributed by atoms with Crippen molar-refractivity contribution >= 4 is 101 Å². The van der Waals surface area contributed by atoms with Crippen LogP contribution in [0.2, 0.25) is 0 Å². The van der Waals surface area contributed by atoms with Crippen LogP contribution < -0.4 is 41.5 Å². The number of hydrogen-bond donors (Lipinski definition) is 0. The van der Waals surface area contributed by atoms with Crippen molar-refractivity contribution in [2.24, 2.45) is 0 Å². The number of aromatic nitrogens is 2. The highest BCUT2D eigenvalue weighted by atomic mass is 28.3. The molecule has 15 rings (SSSR count). The van der Waals surface area contributed by atoms with Crippen molar-refractivity contribution in [3.63, 3.8) is 0 Å². The van der Waals surface area contributed by atoms with Crippen molar-refractivity contribution < 1.29 is 0 Å². The third-order valence-electron chi connectivity index (χ3n) is 17.2. The molecule has 0 atom stereocenters. The average Bonchev–Trinajstić information content (AvgIpc) is 2.77. The van der Waals surface area contributed by atoms with Crippen LogP contribution >= 0.6 is 0 Å². The van der Waals surface area contributed by atoms with Gasteiger partial charge in [0.05, 0.1) is 22.1 Å². The van der Waals surface area contributed by atoms with Crippen LogP contribution in [0.25, 0.3) is 77.2 Å². The second kappa shape index (κ2) is 20.5. The molecule has 82 heavy (non-hydrogen) atoms. The number of para-hydroxylation sites is 2. The van der Waals surface area contributed by atoms with Crippen LogP contribution in [0, 0.1) is 0 Å². The standard InChI is InChI=1S/C78H56N2Si2/c1-7-26-57(27-8-1)59-48-51-67(52-49-59)82(65-36-15-5-16-37-65,66-38-17-6-18-39-66)77-47-25-46-76-78(77)71-43-20-22-45-74(71)80(76)62-50-53-75-72(56-62)70-42-19-21-44-73(70)79(75)61-31-24-41-69(55-61)81(63-32-11-3-12-33-63,64-34-13-4-14-35-64)68-40-23-30-60(54-68)58-28-9-2-10-29-58/h1-56H. The van der Waals surface area contributed by atoms with Gasteiger partial charge < -0.3 is 9.13 Å². The Morgan fingerprint density at radius 1 is 0.195 bits per heavy atom. The molecule has 2 nitrogen and oxygen atoms in total. The number of rotatable bonds is 12. The van der Waals surface area contributed by atoms with Crippen LogP contribution in [0.1, 0.15) is 0 Å². The van der Waals surface area contributed by atoms with E-state index in [1.807, 2.05) is 0 Å². The molecule has 2 heterocycles. The molecule has 0 amide bonds. The molecule has 0 fully saturated rings. The summed E-state index contributed by atoms with van der Waals surface area (Å²) in [7, 11) is -5.98. The van der Waals surface area contributed by atoms with Gasteiger partial charge in [-0.3, -0.25) is 0 Å². The predicted molar refractivity (Wildman–Crippen MR) is 353 cm³/mol. The maximum absolute atomic E-state index is 3.02. The Morgan fingerprint density at radius 2 is 0.573 bits per heavy atom. The molecule has 0 spiro atoms. The molecule has 0 radical (unpaired) electrons. The molecule has 2 aromatic heterocycles. The molecule has 15 aromatic rings. The molecule has 4 heteroatoms. The number of nitrogens with zero attached hydrogens (tertiary/aromatic N) is 2. The summed E-state index contributed by atoms with van der Waals surface area (Å²) in [5.41, 5.74) is 11.9. The van der Waals surface area contributed by atoms with Gasteiger partial charge in [-0.05, 0) is 112 Å². The summed E-state index contributed by atoms with van der Waals surface area (Å²) < 4.78 is 5.03. The van der Waals surface area contributed by atoms with Gasteiger partial charge in [0.1, 0.15) is 0 Å². The van der Waals surface area contributed by atoms with Gasteiger partial charge in [0.2, 0.25) is 0 Å². The van der Waals surface area contributed by atoms with Crippen molar-refractivity contribution in [3.8, 4) is 33.6 Å². The third kappa shape index (κ3) is 7.90. The van der Waals surface area contributed by atoms with Crippen molar-refractivity contribution in [2.45, 2.75) is 0 Å². The van der Waals surface area contributed by atoms with E-state index in [2.05, 4.69) is 349 Å². The Labute approximate surface area is 480 Å². The van der Waals surface area contributed by atoms with Gasteiger partial charge in [0, 0.05) is 32.9 Å². The molecular weight excluding hydrogens is 1020 g/mol. The number of hydrogen-bond acceptors (Lipinski definition) is 0. The maximum atomic E-state index is 2.53. The fourth-order valence-electron chi connectivity index (χ4n) is 13.7. The fraction of sp³-hybridized carbons (Fsp3) is 0. The molecule has 0 saturated heterocycles. The highest BCUT2D eigenvalue weighted by Crippen LogP contribution is 2.37. The van der Waals surface area contributed by atoms with Crippen molar-refractivity contribution in [2.75, 3.05) is 0 Å². The molecular formula is C78H56N2Si2. The topological polar surface area (TPSA) is 9.86 Å². The van der Waals surface area contributed by atoms with Gasteiger partial charge >= 0.3 is 0 Å². The Morgan fingerprint density at radius 3 is 1.17 bits per heavy atom. The Kier molecular flexibility index (Phi) is 12.3. The van der Waals surface area contributed by atoms with E-state index >= 15 is 0 Å². The quantitative estimate of drug-likeness (QED) is 0.0852. The molecule has 0 aliphatic heterocycles. The van der Waals surface area contributed by atoms with E-state index in [9.17, 15) is 0 Å². The van der Waals surface area contributed by atoms with Gasteiger partial charge in [-0.1, -0.05) is 291 Å². The van der Waals surface area contributed by atoms with Crippen LogP contribution in [0.15, 0.2) is 340 Å². The van der Waals surface area contributed by atoms with E-state index in [1.54, 1.807) is 0 Å². The highest BCUT2D eigenvalue weighted by Gasteiger charge is 2.44. The first-order chi connectivity index (χ1) is 40.7. The third-order valence-corrected chi connectivity index (χ3v) is 26.8. The first-order valence-corrected chi connectivity index (χ1v) is 32.4. The Bertz CT molecular complexity index is 4690. The highest BCUT2D eigenvalue weighted by molar-refractivity contribution is 7.21. The lowest BCUT2D eigenvalue weighted by atomic mass is 10.1. The molecule has 13 aromatic carbocycles. The van der Waals surface area contributed by atoms with Crippen LogP contribution in [-0.2, 0) is 0 Å². The van der Waals surface area contributed by atoms with E-state index in [0.717, 1.165) is 11.4 Å². The van der Waals surface area contributed by atoms with E-state index in [1.165, 1.54) is 107 Å². The van der Waals surface area contributed by atoms with Gasteiger partial charge in [0.25, 0.3) is 0 Å². The Hall–Kier alpha value is -10.1. The zero-order valence-corrected chi connectivity index (χ0v) is 47.2. The molecule has 0 aliphatic rings. The van der Waals surface area contributed by atoms with Crippen LogP contribution in [0.4, 0.5) is 0 Å². The zero-order valence-electron chi connectivity index (χ0n) is 45.2. The van der Waals surface area contributed by atoms with Crippen LogP contribution in [0.3, 0.4) is 0 Å². The van der Waals surface area contributed by atoms with Gasteiger partial charge in [-0.15, -0.1) is 0 Å². The monoisotopic (exact) mass is 1080 g/mol. The van der Waals surface area contributed by atoms with Gasteiger partial charge in [-0.2, -0.15) is 0 Å². The molecule has 0 bridgehead atoms. The lowest BCUT2D eigenvalue weighted by molar-refractivity contribution is 1.17. The minimum Gasteiger partial charge on any atom is -0.309 e. The predicted octanol–water partition coefficient (Wildman–Crippen LogP) is 14.0. The van der Waals surface area contributed by atoms with Crippen molar-refractivity contribution in [1.29, 1.82) is 0 Å². The summed E-state index contributed by atoms with van der Waals surface area (Å²) in [5.74, 6) is 0. The number of fused-ring (bicyclic) bond motifs is 6. The minimum absolute atomic E-state index is 1.13. The van der Waals surface area contributed by atoms with Gasteiger partial charge in [-0.25, -0.2) is 0 Å². The minimum atomic E-state index is -3.02. The Balaban J connectivity index is 0.940. The average molecular weight is 1080 g/mol. The molecule has 0 aliphatic carbocycles. The summed E-state index contributed by atoms with van der Waals surface area (Å²) in [6.07, 6.45) is 0. The molecule has 0 N–H and O–H groups in total. The summed E-state index contributed by atoms with van der Waals surface area (Å²) in [6.45, 7) is 0. The fourth-order valence-corrected chi connectivity index (χ4v) is 23.5. The van der Waals surface area contributed by atoms with Crippen LogP contribution in [-0.4, -0.2) is 25.3 Å². The lowest BCUT2D eigenvalue weighted by Crippen LogP contribution is -2.74. The van der Waals surface area contributed by atoms with E-state index < -0.39 is 16.1 Å². The summed E-state index contributed by atoms with van der Waals surface area (Å²) in [6, 6.07) is 127. The second-order valence-corrected chi connectivity index (χ2v) is 29.1. The van der Waals surface area contributed by atoms with E-state index in [4.69, 9.17) is 0 Å². The molecule has 0 unspecified atom stereocenters. The van der Waals surface area contributed by atoms with E-state index in [-0.39, 0.29) is 0 Å². The molecule has 386 valence electrons. The van der Waals surface area contributed by atoms with Gasteiger partial charge in [0.15, 0.2) is 16.1 Å². The summed E-state index contributed by atoms with van der Waals surface area (Å²) in [4.78, 5) is 0. The largest absolute Gasteiger partial charge is 0.309 e. The van der Waals surface area contributed by atoms with E-state index in [0.29, 0.717) is 0 Å². The molecule has 0 saturated carbocycles. The van der Waals surface area contributed by atoms with Crippen molar-refractivity contribution in [3.05, 3.63) is 340 Å². The smallest absolute Gasteiger partial charge is 0.180 e. The van der Waals surface area contributed by atoms with Crippen molar-refractivity contribution in [1.82, 2.24) is 9.13 Å². The summed E-state index contributed by atoms with van der Waals surface area (Å²) >= 11 is 0. The first-order valence-electron chi connectivity index (χ1n) is 28.4. The summed E-state index contributed by atoms with van der Waals surface area (Å²) in [5, 5.41) is 15.8. The zero-order chi connectivity index (χ0) is 54.5. The van der Waals surface area contributed by atoms with Crippen LogP contribution in [0.5, 0.6) is 0 Å². The first kappa shape index (κ1) is 49.0. The SMILES string of the molecule is c1ccc(-c2ccc([Si](c3ccccc3)(c3ccccc3)c3cccc4c3c3ccccc3n4-c3ccc4c(c3)c3ccccc3n4-c3cccc([Si](c4ccccc4)(c4ccccc4)c4cccc(-c5ccccc5)c4)c3)cc2)cc1. The number of benzene rings is 13. The normalized spacial score (nSPS) is 11.9. The second-order valence-electron chi connectivity index (χ2n) is 21.5. The lowest BCUT2D eigenvalue weighted by Gasteiger charge is -2.35.